The minimum Gasteiger partial charge on any atom is -0.491 e. The summed E-state index contributed by atoms with van der Waals surface area (Å²) in [6, 6.07) is 5.64. The molecule has 0 aliphatic heterocycles. The molecule has 0 saturated carbocycles. The topological polar surface area (TPSA) is 9.23 Å². The van der Waals surface area contributed by atoms with Crippen molar-refractivity contribution in [1.82, 2.24) is 0 Å². The van der Waals surface area contributed by atoms with Crippen LogP contribution in [0.4, 0.5) is 0 Å². The van der Waals surface area contributed by atoms with Gasteiger partial charge in [-0.25, -0.2) is 0 Å². The Morgan fingerprint density at radius 2 is 2.00 bits per heavy atom. The van der Waals surface area contributed by atoms with Gasteiger partial charge in [0.25, 0.3) is 0 Å². The standard InChI is InChI=1S/C13H18BrClOS/c1-3-13(4-2,9-17)8-16-12-7-10(14)5-6-11(12)15/h5-7,17H,3-4,8-9H2,1-2H3. The van der Waals surface area contributed by atoms with Gasteiger partial charge in [0.1, 0.15) is 5.75 Å². The smallest absolute Gasteiger partial charge is 0.139 e. The van der Waals surface area contributed by atoms with Crippen molar-refractivity contribution in [2.24, 2.45) is 5.41 Å². The van der Waals surface area contributed by atoms with E-state index in [1.165, 1.54) is 0 Å². The normalized spacial score (nSPS) is 11.6. The predicted molar refractivity (Wildman–Crippen MR) is 81.5 cm³/mol. The first-order valence-electron chi connectivity index (χ1n) is 5.75. The molecule has 1 nitrogen and oxygen atoms in total. The number of rotatable bonds is 6. The third-order valence-electron chi connectivity index (χ3n) is 3.26. The second-order valence-corrected chi connectivity index (χ2v) is 5.87. The summed E-state index contributed by atoms with van der Waals surface area (Å²) in [5, 5.41) is 0.647. The van der Waals surface area contributed by atoms with E-state index in [-0.39, 0.29) is 5.41 Å². The quantitative estimate of drug-likeness (QED) is 0.700. The third kappa shape index (κ3) is 4.08. The van der Waals surface area contributed by atoms with Gasteiger partial charge < -0.3 is 4.74 Å². The Labute approximate surface area is 122 Å². The van der Waals surface area contributed by atoms with Crippen molar-refractivity contribution in [3.8, 4) is 5.75 Å². The Hall–Kier alpha value is 0.140. The van der Waals surface area contributed by atoms with E-state index in [0.717, 1.165) is 28.8 Å². The Balaban J connectivity index is 2.75. The van der Waals surface area contributed by atoms with Gasteiger partial charge >= 0.3 is 0 Å². The molecule has 0 fully saturated rings. The summed E-state index contributed by atoms with van der Waals surface area (Å²) in [4.78, 5) is 0. The highest BCUT2D eigenvalue weighted by Crippen LogP contribution is 2.32. The molecule has 0 bridgehead atoms. The number of halogens is 2. The summed E-state index contributed by atoms with van der Waals surface area (Å²) in [5.74, 6) is 1.56. The van der Waals surface area contributed by atoms with Crippen LogP contribution in [0.25, 0.3) is 0 Å². The third-order valence-corrected chi connectivity index (χ3v) is 4.74. The van der Waals surface area contributed by atoms with Crippen molar-refractivity contribution < 1.29 is 4.74 Å². The van der Waals surface area contributed by atoms with Crippen LogP contribution in [0.15, 0.2) is 22.7 Å². The molecule has 0 aromatic heterocycles. The molecular weight excluding hydrogens is 320 g/mol. The first kappa shape index (κ1) is 15.2. The Morgan fingerprint density at radius 3 is 2.53 bits per heavy atom. The lowest BCUT2D eigenvalue weighted by Crippen LogP contribution is -2.29. The van der Waals surface area contributed by atoms with E-state index in [9.17, 15) is 0 Å². The summed E-state index contributed by atoms with van der Waals surface area (Å²) in [6.45, 7) is 5.00. The highest BCUT2D eigenvalue weighted by molar-refractivity contribution is 9.10. The minimum absolute atomic E-state index is 0.134. The lowest BCUT2D eigenvalue weighted by Gasteiger charge is -2.29. The zero-order valence-corrected chi connectivity index (χ0v) is 13.4. The van der Waals surface area contributed by atoms with Crippen LogP contribution >= 0.6 is 40.2 Å². The molecule has 0 heterocycles. The SMILES string of the molecule is CCC(CC)(CS)COc1cc(Br)ccc1Cl. The minimum atomic E-state index is 0.134. The molecule has 1 aromatic rings. The van der Waals surface area contributed by atoms with Crippen molar-refractivity contribution in [3.63, 3.8) is 0 Å². The average molecular weight is 338 g/mol. The molecular formula is C13H18BrClOS. The second-order valence-electron chi connectivity index (χ2n) is 4.23. The zero-order chi connectivity index (χ0) is 12.9. The fourth-order valence-electron chi connectivity index (χ4n) is 1.54. The molecule has 96 valence electrons. The maximum atomic E-state index is 6.09. The molecule has 0 unspecified atom stereocenters. The second kappa shape index (κ2) is 6.91. The Bertz CT molecular complexity index is 358. The number of hydrogen-bond donors (Lipinski definition) is 1. The van der Waals surface area contributed by atoms with E-state index in [1.54, 1.807) is 0 Å². The highest BCUT2D eigenvalue weighted by Gasteiger charge is 2.25. The molecule has 0 atom stereocenters. The molecule has 0 aliphatic rings. The van der Waals surface area contributed by atoms with Crippen LogP contribution in [-0.4, -0.2) is 12.4 Å². The van der Waals surface area contributed by atoms with Crippen molar-refractivity contribution in [3.05, 3.63) is 27.7 Å². The lowest BCUT2D eigenvalue weighted by molar-refractivity contribution is 0.157. The van der Waals surface area contributed by atoms with Crippen molar-refractivity contribution in [2.75, 3.05) is 12.4 Å². The van der Waals surface area contributed by atoms with Crippen molar-refractivity contribution in [1.29, 1.82) is 0 Å². The van der Waals surface area contributed by atoms with Gasteiger partial charge in [-0.05, 0) is 36.8 Å². The Kier molecular flexibility index (Phi) is 6.18. The fraction of sp³-hybridized carbons (Fsp3) is 0.538. The maximum absolute atomic E-state index is 6.09. The van der Waals surface area contributed by atoms with Crippen LogP contribution < -0.4 is 4.74 Å². The number of ether oxygens (including phenoxy) is 1. The molecule has 0 saturated heterocycles. The van der Waals surface area contributed by atoms with E-state index in [0.29, 0.717) is 11.6 Å². The predicted octanol–water partition coefficient (Wildman–Crippen LogP) is 5.22. The van der Waals surface area contributed by atoms with Gasteiger partial charge in [0.05, 0.1) is 11.6 Å². The Morgan fingerprint density at radius 1 is 1.35 bits per heavy atom. The molecule has 1 aromatic carbocycles. The van der Waals surface area contributed by atoms with Gasteiger partial charge in [-0.3, -0.25) is 0 Å². The molecule has 0 amide bonds. The molecule has 0 spiro atoms. The van der Waals surface area contributed by atoms with E-state index in [1.807, 2.05) is 18.2 Å². The first-order valence-corrected chi connectivity index (χ1v) is 7.56. The van der Waals surface area contributed by atoms with Crippen LogP contribution in [0.1, 0.15) is 26.7 Å². The van der Waals surface area contributed by atoms with Gasteiger partial charge in [-0.1, -0.05) is 41.4 Å². The van der Waals surface area contributed by atoms with Crippen LogP contribution in [-0.2, 0) is 0 Å². The van der Waals surface area contributed by atoms with Gasteiger partial charge in [-0.15, -0.1) is 0 Å². The molecule has 0 radical (unpaired) electrons. The molecule has 4 heteroatoms. The largest absolute Gasteiger partial charge is 0.491 e. The summed E-state index contributed by atoms with van der Waals surface area (Å²) in [7, 11) is 0. The number of benzene rings is 1. The van der Waals surface area contributed by atoms with E-state index in [2.05, 4.69) is 42.4 Å². The van der Waals surface area contributed by atoms with E-state index in [4.69, 9.17) is 16.3 Å². The van der Waals surface area contributed by atoms with Crippen LogP contribution in [0.5, 0.6) is 5.75 Å². The van der Waals surface area contributed by atoms with Crippen LogP contribution in [0.3, 0.4) is 0 Å². The van der Waals surface area contributed by atoms with Gasteiger partial charge in [-0.2, -0.15) is 12.6 Å². The van der Waals surface area contributed by atoms with E-state index >= 15 is 0 Å². The monoisotopic (exact) mass is 336 g/mol. The molecule has 0 aliphatic carbocycles. The van der Waals surface area contributed by atoms with Crippen molar-refractivity contribution >= 4 is 40.2 Å². The maximum Gasteiger partial charge on any atom is 0.139 e. The fourth-order valence-corrected chi connectivity index (χ4v) is 2.59. The number of hydrogen-bond acceptors (Lipinski definition) is 2. The summed E-state index contributed by atoms with van der Waals surface area (Å²) >= 11 is 13.9. The van der Waals surface area contributed by atoms with Crippen LogP contribution in [0.2, 0.25) is 5.02 Å². The van der Waals surface area contributed by atoms with E-state index < -0.39 is 0 Å². The summed E-state index contributed by atoms with van der Waals surface area (Å²) in [5.41, 5.74) is 0.134. The average Bonchev–Trinajstić information content (AvgIpc) is 2.35. The lowest BCUT2D eigenvalue weighted by atomic mass is 9.85. The first-order chi connectivity index (χ1) is 8.06. The number of thiol groups is 1. The summed E-state index contributed by atoms with van der Waals surface area (Å²) in [6.07, 6.45) is 2.11. The molecule has 1 rings (SSSR count). The van der Waals surface area contributed by atoms with Gasteiger partial charge in [0.2, 0.25) is 0 Å². The summed E-state index contributed by atoms with van der Waals surface area (Å²) < 4.78 is 6.82. The van der Waals surface area contributed by atoms with Gasteiger partial charge in [0.15, 0.2) is 0 Å². The molecule has 17 heavy (non-hydrogen) atoms. The highest BCUT2D eigenvalue weighted by atomic mass is 79.9. The zero-order valence-electron chi connectivity index (χ0n) is 10.2. The van der Waals surface area contributed by atoms with Crippen LogP contribution in [0, 0.1) is 5.41 Å². The van der Waals surface area contributed by atoms with Gasteiger partial charge in [0, 0.05) is 9.89 Å². The van der Waals surface area contributed by atoms with Crippen molar-refractivity contribution in [2.45, 2.75) is 26.7 Å². The molecule has 0 N–H and O–H groups in total.